The van der Waals surface area contributed by atoms with Gasteiger partial charge in [0.15, 0.2) is 17.0 Å². The van der Waals surface area contributed by atoms with Gasteiger partial charge < -0.3 is 14.6 Å². The fourth-order valence-electron chi connectivity index (χ4n) is 3.73. The Morgan fingerprint density at radius 2 is 1.82 bits per heavy atom. The van der Waals surface area contributed by atoms with E-state index >= 15 is 0 Å². The van der Waals surface area contributed by atoms with Crippen LogP contribution in [0.25, 0.3) is 22.6 Å². The number of fused-ring (bicyclic) bond motifs is 1. The largest absolute Gasteiger partial charge is 0.507 e. The van der Waals surface area contributed by atoms with E-state index in [0.717, 1.165) is 19.3 Å². The molecular weight excluding hydrogens is 448 g/mol. The van der Waals surface area contributed by atoms with Crippen LogP contribution in [0.15, 0.2) is 38.4 Å². The van der Waals surface area contributed by atoms with Crippen molar-refractivity contribution in [1.29, 1.82) is 0 Å². The van der Waals surface area contributed by atoms with Gasteiger partial charge in [-0.15, -0.1) is 0 Å². The lowest BCUT2D eigenvalue weighted by atomic mass is 10.2. The number of hydrogen-bond donors (Lipinski definition) is 2. The lowest BCUT2D eigenvalue weighted by Gasteiger charge is -2.11. The Kier molecular flexibility index (Phi) is 6.93. The SMILES string of the molecule is CCCCCn1c(=O)n(CCCCc2noc(-c3ccccc3O)n2)c(=O)c2[nH]c(Cl)nc21. The van der Waals surface area contributed by atoms with Crippen LogP contribution in [0, 0.1) is 0 Å². The average Bonchev–Trinajstić information content (AvgIpc) is 3.42. The molecule has 0 fully saturated rings. The first-order valence-corrected chi connectivity index (χ1v) is 11.4. The number of aromatic nitrogens is 6. The van der Waals surface area contributed by atoms with Gasteiger partial charge in [-0.25, -0.2) is 4.79 Å². The van der Waals surface area contributed by atoms with Crippen LogP contribution in [0.2, 0.25) is 5.28 Å². The van der Waals surface area contributed by atoms with Crippen molar-refractivity contribution >= 4 is 22.8 Å². The molecule has 0 spiro atoms. The summed E-state index contributed by atoms with van der Waals surface area (Å²) in [7, 11) is 0. The van der Waals surface area contributed by atoms with Crippen LogP contribution in [0.4, 0.5) is 0 Å². The molecule has 4 aromatic rings. The summed E-state index contributed by atoms with van der Waals surface area (Å²) in [6.45, 7) is 2.81. The second kappa shape index (κ2) is 10.0. The van der Waals surface area contributed by atoms with Gasteiger partial charge in [-0.2, -0.15) is 9.97 Å². The molecule has 0 aliphatic rings. The van der Waals surface area contributed by atoms with Gasteiger partial charge in [0.1, 0.15) is 5.75 Å². The van der Waals surface area contributed by atoms with Crippen molar-refractivity contribution in [3.05, 3.63) is 56.2 Å². The van der Waals surface area contributed by atoms with Crippen molar-refractivity contribution in [2.45, 2.75) is 58.5 Å². The van der Waals surface area contributed by atoms with Gasteiger partial charge in [0.2, 0.25) is 5.28 Å². The van der Waals surface area contributed by atoms with E-state index in [1.165, 1.54) is 9.13 Å². The molecule has 0 saturated carbocycles. The lowest BCUT2D eigenvalue weighted by molar-refractivity contribution is 0.415. The molecule has 0 amide bonds. The maximum absolute atomic E-state index is 13.0. The summed E-state index contributed by atoms with van der Waals surface area (Å²) in [6, 6.07) is 6.73. The van der Waals surface area contributed by atoms with E-state index < -0.39 is 5.56 Å². The molecule has 0 aliphatic carbocycles. The summed E-state index contributed by atoms with van der Waals surface area (Å²) < 4.78 is 7.99. The molecule has 174 valence electrons. The van der Waals surface area contributed by atoms with Crippen molar-refractivity contribution in [3.8, 4) is 17.2 Å². The van der Waals surface area contributed by atoms with Crippen molar-refractivity contribution in [3.63, 3.8) is 0 Å². The summed E-state index contributed by atoms with van der Waals surface area (Å²) in [5.41, 5.74) is 0.195. The molecule has 0 bridgehead atoms. The zero-order chi connectivity index (χ0) is 23.4. The van der Waals surface area contributed by atoms with Crippen molar-refractivity contribution in [2.75, 3.05) is 0 Å². The van der Waals surface area contributed by atoms with E-state index in [2.05, 4.69) is 27.0 Å². The predicted octanol–water partition coefficient (Wildman–Crippen LogP) is 3.51. The first-order chi connectivity index (χ1) is 16.0. The molecule has 0 radical (unpaired) electrons. The highest BCUT2D eigenvalue weighted by Crippen LogP contribution is 2.27. The fraction of sp³-hybridized carbons (Fsp3) is 0.409. The summed E-state index contributed by atoms with van der Waals surface area (Å²) in [4.78, 5) is 37.1. The van der Waals surface area contributed by atoms with Crippen LogP contribution < -0.4 is 11.2 Å². The fourth-order valence-corrected chi connectivity index (χ4v) is 3.90. The minimum atomic E-state index is -0.428. The second-order valence-corrected chi connectivity index (χ2v) is 8.17. The molecule has 2 N–H and O–H groups in total. The number of rotatable bonds is 10. The highest BCUT2D eigenvalue weighted by Gasteiger charge is 2.17. The maximum Gasteiger partial charge on any atom is 0.332 e. The predicted molar refractivity (Wildman–Crippen MR) is 123 cm³/mol. The third-order valence-electron chi connectivity index (χ3n) is 5.45. The Bertz CT molecular complexity index is 1370. The third kappa shape index (κ3) is 4.85. The molecule has 0 aliphatic heterocycles. The third-order valence-corrected chi connectivity index (χ3v) is 5.63. The number of imidazole rings is 1. The van der Waals surface area contributed by atoms with Crippen LogP contribution in [0.5, 0.6) is 5.75 Å². The molecule has 0 atom stereocenters. The monoisotopic (exact) mass is 472 g/mol. The molecule has 3 aromatic heterocycles. The first-order valence-electron chi connectivity index (χ1n) is 11.0. The Morgan fingerprint density at radius 3 is 2.61 bits per heavy atom. The van der Waals surface area contributed by atoms with Gasteiger partial charge >= 0.3 is 5.69 Å². The highest BCUT2D eigenvalue weighted by molar-refractivity contribution is 6.28. The molecule has 3 heterocycles. The minimum Gasteiger partial charge on any atom is -0.507 e. The number of aromatic amines is 1. The van der Waals surface area contributed by atoms with Crippen molar-refractivity contribution in [1.82, 2.24) is 29.2 Å². The number of nitrogens with zero attached hydrogens (tertiary/aromatic N) is 5. The Hall–Kier alpha value is -3.40. The average molecular weight is 473 g/mol. The van der Waals surface area contributed by atoms with Crippen LogP contribution in [-0.4, -0.2) is 34.3 Å². The molecular formula is C22H25ClN6O4. The molecule has 33 heavy (non-hydrogen) atoms. The van der Waals surface area contributed by atoms with Crippen molar-refractivity contribution < 1.29 is 9.63 Å². The minimum absolute atomic E-state index is 0.0663. The second-order valence-electron chi connectivity index (χ2n) is 7.81. The van der Waals surface area contributed by atoms with Gasteiger partial charge in [-0.3, -0.25) is 13.9 Å². The number of halogens is 1. The molecule has 0 saturated heterocycles. The normalized spacial score (nSPS) is 11.5. The van der Waals surface area contributed by atoms with E-state index in [4.69, 9.17) is 16.1 Å². The number of phenolic OH excluding ortho intramolecular Hbond substituents is 1. The van der Waals surface area contributed by atoms with Gasteiger partial charge in [0, 0.05) is 19.5 Å². The van der Waals surface area contributed by atoms with Gasteiger partial charge in [0.05, 0.1) is 5.56 Å². The molecule has 1 aromatic carbocycles. The summed E-state index contributed by atoms with van der Waals surface area (Å²) >= 11 is 5.98. The lowest BCUT2D eigenvalue weighted by Crippen LogP contribution is -2.40. The molecule has 0 unspecified atom stereocenters. The quantitative estimate of drug-likeness (QED) is 0.266. The zero-order valence-corrected chi connectivity index (χ0v) is 19.0. The number of benzene rings is 1. The standard InChI is InChI=1S/C22H25ClN6O4/c1-2-3-7-12-28-18-17(25-21(23)26-18)20(31)29(22(28)32)13-8-6-11-16-24-19(33-27-16)14-9-4-5-10-15(14)30/h4-5,9-10,30H,2-3,6-8,11-13H2,1H3,(H,25,26). The summed E-state index contributed by atoms with van der Waals surface area (Å²) in [6.07, 6.45) is 4.51. The number of aryl methyl sites for hydroxylation is 2. The number of aromatic hydroxyl groups is 1. The number of unbranched alkanes of at least 4 members (excludes halogenated alkanes) is 3. The smallest absolute Gasteiger partial charge is 0.332 e. The number of phenols is 1. The zero-order valence-electron chi connectivity index (χ0n) is 18.3. The highest BCUT2D eigenvalue weighted by atomic mass is 35.5. The molecule has 10 nitrogen and oxygen atoms in total. The number of nitrogens with one attached hydrogen (secondary N) is 1. The van der Waals surface area contributed by atoms with Crippen LogP contribution in [-0.2, 0) is 19.5 Å². The Morgan fingerprint density at radius 1 is 1.06 bits per heavy atom. The molecule has 11 heteroatoms. The van der Waals surface area contributed by atoms with E-state index in [1.54, 1.807) is 24.3 Å². The van der Waals surface area contributed by atoms with Gasteiger partial charge in [0.25, 0.3) is 11.4 Å². The van der Waals surface area contributed by atoms with E-state index in [1.807, 2.05) is 0 Å². The van der Waals surface area contributed by atoms with Crippen LogP contribution >= 0.6 is 11.6 Å². The summed E-state index contributed by atoms with van der Waals surface area (Å²) in [5, 5.41) is 14.0. The molecule has 4 rings (SSSR count). The van der Waals surface area contributed by atoms with Gasteiger partial charge in [-0.1, -0.05) is 37.1 Å². The Labute approximate surface area is 193 Å². The van der Waals surface area contributed by atoms with Gasteiger partial charge in [-0.05, 0) is 43.0 Å². The number of para-hydroxylation sites is 1. The number of H-pyrrole nitrogens is 1. The van der Waals surface area contributed by atoms with Crippen LogP contribution in [0.3, 0.4) is 0 Å². The topological polar surface area (TPSA) is 132 Å². The van der Waals surface area contributed by atoms with E-state index in [9.17, 15) is 14.7 Å². The number of hydrogen-bond acceptors (Lipinski definition) is 7. The summed E-state index contributed by atoms with van der Waals surface area (Å²) in [5.74, 6) is 0.806. The first kappa shape index (κ1) is 22.8. The van der Waals surface area contributed by atoms with Crippen molar-refractivity contribution in [2.24, 2.45) is 0 Å². The maximum atomic E-state index is 13.0. The Balaban J connectivity index is 1.46. The van der Waals surface area contributed by atoms with E-state index in [0.29, 0.717) is 42.8 Å². The van der Waals surface area contributed by atoms with E-state index in [-0.39, 0.29) is 34.7 Å². The van der Waals surface area contributed by atoms with Crippen LogP contribution in [0.1, 0.15) is 44.9 Å².